The highest BCUT2D eigenvalue weighted by molar-refractivity contribution is 5.92. The lowest BCUT2D eigenvalue weighted by Gasteiger charge is -2.22. The van der Waals surface area contributed by atoms with Crippen molar-refractivity contribution < 1.29 is 9.59 Å². The Morgan fingerprint density at radius 1 is 1.40 bits per heavy atom. The summed E-state index contributed by atoms with van der Waals surface area (Å²) < 4.78 is 1.89. The van der Waals surface area contributed by atoms with Crippen molar-refractivity contribution in [3.63, 3.8) is 0 Å². The Labute approximate surface area is 154 Å². The number of hydrogen-bond donors (Lipinski definition) is 3. The number of nitrogens with one attached hydrogen (secondary N) is 3. The van der Waals surface area contributed by atoms with E-state index in [1.54, 1.807) is 11.0 Å². The van der Waals surface area contributed by atoms with Crippen molar-refractivity contribution in [3.05, 3.63) is 18.0 Å². The topological polar surface area (TPSA) is 91.3 Å². The number of piperidine rings is 1. The van der Waals surface area contributed by atoms with Gasteiger partial charge >= 0.3 is 6.03 Å². The van der Waals surface area contributed by atoms with Gasteiger partial charge in [-0.05, 0) is 38.8 Å². The van der Waals surface area contributed by atoms with Crippen LogP contribution in [0.4, 0.5) is 4.79 Å². The van der Waals surface area contributed by atoms with Gasteiger partial charge in [0.25, 0.3) is 5.91 Å². The van der Waals surface area contributed by atoms with Gasteiger partial charge in [-0.3, -0.25) is 9.48 Å². The third-order valence-corrected chi connectivity index (χ3v) is 4.62. The van der Waals surface area contributed by atoms with E-state index in [9.17, 15) is 9.59 Å². The van der Waals surface area contributed by atoms with E-state index >= 15 is 0 Å². The second-order valence-corrected chi connectivity index (χ2v) is 6.42. The molecule has 0 spiro atoms. The van der Waals surface area contributed by atoms with Gasteiger partial charge in [-0.15, -0.1) is 12.4 Å². The standard InChI is InChI=1S/C16H26N6O2.ClH/c1-2-18-16(24)21-8-5-12(11-21)19-15(23)14-6-9-22(20-14)13-4-3-7-17-10-13;/h6,9,12-13,17H,2-5,7-8,10-11H2,1H3,(H,18,24)(H,19,23);1H. The molecule has 25 heavy (non-hydrogen) atoms. The molecule has 3 rings (SSSR count). The molecule has 0 radical (unpaired) electrons. The molecule has 0 bridgehead atoms. The van der Waals surface area contributed by atoms with Crippen molar-refractivity contribution in [2.24, 2.45) is 0 Å². The maximum atomic E-state index is 12.4. The van der Waals surface area contributed by atoms with Crippen LogP contribution in [0.2, 0.25) is 0 Å². The molecule has 3 heterocycles. The van der Waals surface area contributed by atoms with E-state index in [0.29, 0.717) is 31.4 Å². The average Bonchev–Trinajstić information content (AvgIpc) is 3.25. The molecule has 0 aliphatic carbocycles. The predicted molar refractivity (Wildman–Crippen MR) is 97.1 cm³/mol. The predicted octanol–water partition coefficient (Wildman–Crippen LogP) is 0.763. The zero-order chi connectivity index (χ0) is 16.9. The van der Waals surface area contributed by atoms with E-state index in [4.69, 9.17) is 0 Å². The summed E-state index contributed by atoms with van der Waals surface area (Å²) in [6.45, 7) is 5.66. The highest BCUT2D eigenvalue weighted by atomic mass is 35.5. The summed E-state index contributed by atoms with van der Waals surface area (Å²) in [5.41, 5.74) is 0.442. The molecule has 0 saturated carbocycles. The van der Waals surface area contributed by atoms with E-state index < -0.39 is 0 Å². The number of urea groups is 1. The van der Waals surface area contributed by atoms with Gasteiger partial charge in [0.2, 0.25) is 0 Å². The van der Waals surface area contributed by atoms with Crippen LogP contribution in [0.25, 0.3) is 0 Å². The highest BCUT2D eigenvalue weighted by Crippen LogP contribution is 2.16. The van der Waals surface area contributed by atoms with Gasteiger partial charge in [-0.2, -0.15) is 5.10 Å². The summed E-state index contributed by atoms with van der Waals surface area (Å²) in [5, 5.41) is 13.6. The third-order valence-electron chi connectivity index (χ3n) is 4.62. The molecular weight excluding hydrogens is 344 g/mol. The van der Waals surface area contributed by atoms with Crippen LogP contribution < -0.4 is 16.0 Å². The van der Waals surface area contributed by atoms with E-state index in [0.717, 1.165) is 32.4 Å². The Bertz CT molecular complexity index is 587. The molecule has 2 fully saturated rings. The van der Waals surface area contributed by atoms with Crippen molar-refractivity contribution in [2.45, 2.75) is 38.3 Å². The molecule has 2 saturated heterocycles. The van der Waals surface area contributed by atoms with Crippen LogP contribution in [0.15, 0.2) is 12.3 Å². The molecule has 9 heteroatoms. The lowest BCUT2D eigenvalue weighted by molar-refractivity contribution is 0.0931. The van der Waals surface area contributed by atoms with Crippen molar-refractivity contribution in [1.82, 2.24) is 30.6 Å². The summed E-state index contributed by atoms with van der Waals surface area (Å²) in [7, 11) is 0. The first-order valence-electron chi connectivity index (χ1n) is 8.77. The molecule has 2 unspecified atom stereocenters. The molecule has 1 aromatic rings. The minimum atomic E-state index is -0.166. The van der Waals surface area contributed by atoms with E-state index in [2.05, 4.69) is 21.0 Å². The number of carbonyl (C=O) groups is 2. The highest BCUT2D eigenvalue weighted by Gasteiger charge is 2.28. The fraction of sp³-hybridized carbons (Fsp3) is 0.688. The second kappa shape index (κ2) is 9.05. The minimum Gasteiger partial charge on any atom is -0.346 e. The summed E-state index contributed by atoms with van der Waals surface area (Å²) in [6.07, 6.45) is 4.86. The van der Waals surface area contributed by atoms with Crippen LogP contribution >= 0.6 is 12.4 Å². The molecule has 0 aromatic carbocycles. The van der Waals surface area contributed by atoms with Crippen LogP contribution in [0.1, 0.15) is 42.7 Å². The van der Waals surface area contributed by atoms with Crippen LogP contribution in [-0.4, -0.2) is 65.4 Å². The lowest BCUT2D eigenvalue weighted by Crippen LogP contribution is -2.42. The van der Waals surface area contributed by atoms with Crippen LogP contribution in [-0.2, 0) is 0 Å². The first-order chi connectivity index (χ1) is 11.7. The van der Waals surface area contributed by atoms with Crippen LogP contribution in [0, 0.1) is 0 Å². The Morgan fingerprint density at radius 2 is 2.24 bits per heavy atom. The molecule has 8 nitrogen and oxygen atoms in total. The lowest BCUT2D eigenvalue weighted by atomic mass is 10.1. The van der Waals surface area contributed by atoms with Gasteiger partial charge in [-0.1, -0.05) is 0 Å². The van der Waals surface area contributed by atoms with Gasteiger partial charge in [0.1, 0.15) is 5.69 Å². The van der Waals surface area contributed by atoms with E-state index in [1.807, 2.05) is 17.8 Å². The Kier molecular flexibility index (Phi) is 7.07. The van der Waals surface area contributed by atoms with Crippen LogP contribution in [0.5, 0.6) is 0 Å². The largest absolute Gasteiger partial charge is 0.346 e. The fourth-order valence-electron chi connectivity index (χ4n) is 3.31. The Hall–Kier alpha value is -1.80. The summed E-state index contributed by atoms with van der Waals surface area (Å²) in [5.74, 6) is -0.166. The molecule has 140 valence electrons. The minimum absolute atomic E-state index is 0. The van der Waals surface area contributed by atoms with E-state index in [1.165, 1.54) is 0 Å². The van der Waals surface area contributed by atoms with Crippen molar-refractivity contribution in [1.29, 1.82) is 0 Å². The zero-order valence-corrected chi connectivity index (χ0v) is 15.3. The third kappa shape index (κ3) is 4.85. The number of rotatable bonds is 4. The number of carbonyl (C=O) groups excluding carboxylic acids is 2. The number of nitrogens with zero attached hydrogens (tertiary/aromatic N) is 3. The normalized spacial score (nSPS) is 23.0. The fourth-order valence-corrected chi connectivity index (χ4v) is 3.31. The van der Waals surface area contributed by atoms with Gasteiger partial charge in [0, 0.05) is 38.4 Å². The molecule has 3 amide bonds. The molecule has 2 aliphatic rings. The van der Waals surface area contributed by atoms with Gasteiger partial charge in [0.15, 0.2) is 0 Å². The first-order valence-corrected chi connectivity index (χ1v) is 8.77. The zero-order valence-electron chi connectivity index (χ0n) is 14.5. The van der Waals surface area contributed by atoms with Gasteiger partial charge in [-0.25, -0.2) is 4.79 Å². The monoisotopic (exact) mass is 370 g/mol. The van der Waals surface area contributed by atoms with E-state index in [-0.39, 0.29) is 30.4 Å². The molecule has 1 aromatic heterocycles. The number of likely N-dealkylation sites (tertiary alicyclic amines) is 1. The number of aromatic nitrogens is 2. The number of hydrogen-bond acceptors (Lipinski definition) is 4. The smallest absolute Gasteiger partial charge is 0.317 e. The van der Waals surface area contributed by atoms with Crippen molar-refractivity contribution in [3.8, 4) is 0 Å². The SMILES string of the molecule is CCNC(=O)N1CCC(NC(=O)c2ccn(C3CCCNC3)n2)C1.Cl. The van der Waals surface area contributed by atoms with Gasteiger partial charge in [0.05, 0.1) is 6.04 Å². The summed E-state index contributed by atoms with van der Waals surface area (Å²) >= 11 is 0. The summed E-state index contributed by atoms with van der Waals surface area (Å²) in [6, 6.07) is 2.01. The summed E-state index contributed by atoms with van der Waals surface area (Å²) in [4.78, 5) is 25.9. The van der Waals surface area contributed by atoms with Crippen LogP contribution in [0.3, 0.4) is 0 Å². The number of halogens is 1. The quantitative estimate of drug-likeness (QED) is 0.729. The molecule has 2 aliphatic heterocycles. The number of amides is 3. The second-order valence-electron chi connectivity index (χ2n) is 6.42. The molecule has 2 atom stereocenters. The van der Waals surface area contributed by atoms with Crippen molar-refractivity contribution >= 4 is 24.3 Å². The van der Waals surface area contributed by atoms with Crippen molar-refractivity contribution in [2.75, 3.05) is 32.7 Å². The van der Waals surface area contributed by atoms with Gasteiger partial charge < -0.3 is 20.9 Å². The molecule has 3 N–H and O–H groups in total. The molecular formula is C16H27ClN6O2. The average molecular weight is 371 g/mol. The first kappa shape index (κ1) is 19.5. The Morgan fingerprint density at radius 3 is 2.96 bits per heavy atom. The Balaban J connectivity index is 0.00000225. The maximum absolute atomic E-state index is 12.4. The maximum Gasteiger partial charge on any atom is 0.317 e.